The van der Waals surface area contributed by atoms with Gasteiger partial charge in [-0.05, 0) is 37.3 Å². The van der Waals surface area contributed by atoms with Crippen LogP contribution in [0.5, 0.6) is 0 Å². The molecule has 0 fully saturated rings. The number of rotatable bonds is 7. The Morgan fingerprint density at radius 2 is 1.86 bits per heavy atom. The molecule has 0 spiro atoms. The number of hydrogen-bond donors (Lipinski definition) is 5. The van der Waals surface area contributed by atoms with Gasteiger partial charge in [0.2, 0.25) is 5.95 Å². The summed E-state index contributed by atoms with van der Waals surface area (Å²) >= 11 is 0. The average Bonchev–Trinajstić information content (AvgIpc) is 2.83. The Kier molecular flexibility index (Phi) is 7.91. The lowest BCUT2D eigenvalue weighted by atomic mass is 10.2. The number of nitrogens with one attached hydrogen (secondary N) is 2. The molecule has 0 radical (unpaired) electrons. The van der Waals surface area contributed by atoms with Gasteiger partial charge >= 0.3 is 6.09 Å². The van der Waals surface area contributed by atoms with Crippen LogP contribution >= 0.6 is 0 Å². The molecule has 12 nitrogen and oxygen atoms in total. The van der Waals surface area contributed by atoms with Gasteiger partial charge in [-0.3, -0.25) is 20.1 Å². The molecule has 188 valence electrons. The molecule has 3 heterocycles. The first-order chi connectivity index (χ1) is 17.0. The van der Waals surface area contributed by atoms with Crippen molar-refractivity contribution in [3.05, 3.63) is 83.3 Å². The molecule has 3 aromatic heterocycles. The molecule has 3 aromatic rings. The van der Waals surface area contributed by atoms with Crippen molar-refractivity contribution in [2.24, 2.45) is 11.6 Å². The zero-order valence-electron chi connectivity index (χ0n) is 19.2. The second-order valence-electron chi connectivity index (χ2n) is 7.43. The number of hydrogen-bond acceptors (Lipinski definition) is 10. The lowest BCUT2D eigenvalue weighted by Crippen LogP contribution is -2.39. The number of carbonyl (C=O) groups is 2. The lowest BCUT2D eigenvalue weighted by molar-refractivity contribution is 0.102. The smallest absolute Gasteiger partial charge is 0.413 e. The van der Waals surface area contributed by atoms with Crippen molar-refractivity contribution < 1.29 is 23.1 Å². The monoisotopic (exact) mass is 499 g/mol. The maximum Gasteiger partial charge on any atom is 0.413 e. The highest BCUT2D eigenvalue weighted by molar-refractivity contribution is 6.04. The summed E-state index contributed by atoms with van der Waals surface area (Å²) in [5, 5.41) is 6.02. The van der Waals surface area contributed by atoms with E-state index in [9.17, 15) is 18.4 Å². The van der Waals surface area contributed by atoms with Gasteiger partial charge in [0.15, 0.2) is 5.82 Å². The van der Waals surface area contributed by atoms with Gasteiger partial charge in [0.25, 0.3) is 5.91 Å². The molecule has 3 rings (SSSR count). The second kappa shape index (κ2) is 11.1. The number of halogens is 2. The number of nitrogen functional groups attached to an aromatic ring is 1. The number of amides is 2. The minimum atomic E-state index is -1.17. The van der Waals surface area contributed by atoms with Gasteiger partial charge in [-0.25, -0.2) is 25.0 Å². The van der Waals surface area contributed by atoms with Crippen molar-refractivity contribution in [1.82, 2.24) is 25.3 Å². The van der Waals surface area contributed by atoms with Crippen LogP contribution in [0.15, 0.2) is 54.7 Å². The van der Waals surface area contributed by atoms with Crippen molar-refractivity contribution in [3.63, 3.8) is 0 Å². The van der Waals surface area contributed by atoms with E-state index in [2.05, 4.69) is 25.6 Å². The van der Waals surface area contributed by atoms with E-state index in [0.717, 1.165) is 11.1 Å². The molecule has 0 unspecified atom stereocenters. The standard InChI is InChI=1S/C22H23F2N9O3/c1-11(15-8-13(23)9-30-19(15)24)36-22(35)32-20(33(2)27)18(26)16-4-3-14(10-29-16)31-21(34)12-5-6-28-17(25)7-12/h3-11H,26-27H2,1-2H3,(H2,25,28)(H,31,34)(H,32,35)/b20-18-/t11-/m1/s1. The molecule has 0 aliphatic carbocycles. The third-order valence-electron chi connectivity index (χ3n) is 4.72. The normalized spacial score (nSPS) is 12.2. The van der Waals surface area contributed by atoms with E-state index >= 15 is 0 Å². The molecule has 8 N–H and O–H groups in total. The van der Waals surface area contributed by atoms with Gasteiger partial charge in [0, 0.05) is 18.8 Å². The molecular formula is C22H23F2N9O3. The first-order valence-corrected chi connectivity index (χ1v) is 10.3. The largest absolute Gasteiger partial charge is 0.441 e. The SMILES string of the molecule is C[C@@H](OC(=O)N/C(=C(/N)c1ccc(NC(=O)c2ccnc(N)c2)cn1)N(C)N)c1cc(F)cnc1F. The van der Waals surface area contributed by atoms with Gasteiger partial charge in [-0.1, -0.05) is 0 Å². The third-order valence-corrected chi connectivity index (χ3v) is 4.72. The number of hydrazine groups is 1. The summed E-state index contributed by atoms with van der Waals surface area (Å²) in [5.41, 5.74) is 12.3. The Bertz CT molecular complexity index is 1300. The van der Waals surface area contributed by atoms with Gasteiger partial charge in [-0.2, -0.15) is 4.39 Å². The molecule has 0 aromatic carbocycles. The lowest BCUT2D eigenvalue weighted by Gasteiger charge is -2.21. The van der Waals surface area contributed by atoms with Crippen LogP contribution in [0.25, 0.3) is 5.70 Å². The summed E-state index contributed by atoms with van der Waals surface area (Å²) in [5.74, 6) is 3.71. The number of pyridine rings is 3. The molecule has 14 heteroatoms. The Hall–Kier alpha value is -4.85. The minimum absolute atomic E-state index is 0.0389. The predicted molar refractivity (Wildman–Crippen MR) is 126 cm³/mol. The van der Waals surface area contributed by atoms with Crippen molar-refractivity contribution in [2.45, 2.75) is 13.0 Å². The maximum atomic E-state index is 13.8. The molecular weight excluding hydrogens is 476 g/mol. The maximum absolute atomic E-state index is 13.8. The Morgan fingerprint density at radius 3 is 2.50 bits per heavy atom. The first kappa shape index (κ1) is 25.8. The second-order valence-corrected chi connectivity index (χ2v) is 7.43. The zero-order valence-corrected chi connectivity index (χ0v) is 19.2. The number of nitrogens with two attached hydrogens (primary N) is 3. The number of alkyl carbamates (subject to hydrolysis) is 1. The van der Waals surface area contributed by atoms with E-state index in [-0.39, 0.29) is 28.6 Å². The highest BCUT2D eigenvalue weighted by atomic mass is 19.1. The number of aromatic nitrogens is 3. The third kappa shape index (κ3) is 6.38. The first-order valence-electron chi connectivity index (χ1n) is 10.3. The summed E-state index contributed by atoms with van der Waals surface area (Å²) in [7, 11) is 1.40. The highest BCUT2D eigenvalue weighted by Crippen LogP contribution is 2.21. The number of carbonyl (C=O) groups excluding carboxylic acids is 2. The van der Waals surface area contributed by atoms with Crippen LogP contribution in [0, 0.1) is 11.8 Å². The van der Waals surface area contributed by atoms with Crippen LogP contribution in [0.4, 0.5) is 25.1 Å². The van der Waals surface area contributed by atoms with Gasteiger partial charge < -0.3 is 21.5 Å². The minimum Gasteiger partial charge on any atom is -0.441 e. The van der Waals surface area contributed by atoms with Gasteiger partial charge in [0.05, 0.1) is 29.3 Å². The van der Waals surface area contributed by atoms with E-state index in [1.165, 1.54) is 50.6 Å². The van der Waals surface area contributed by atoms with Crippen molar-refractivity contribution in [1.29, 1.82) is 0 Å². The van der Waals surface area contributed by atoms with Crippen LogP contribution in [-0.2, 0) is 4.74 Å². The average molecular weight is 499 g/mol. The predicted octanol–water partition coefficient (Wildman–Crippen LogP) is 1.86. The molecule has 0 bridgehead atoms. The van der Waals surface area contributed by atoms with Gasteiger partial charge in [-0.15, -0.1) is 0 Å². The Morgan fingerprint density at radius 1 is 1.11 bits per heavy atom. The van der Waals surface area contributed by atoms with E-state index < -0.39 is 29.9 Å². The van der Waals surface area contributed by atoms with Crippen molar-refractivity contribution in [3.8, 4) is 0 Å². The van der Waals surface area contributed by atoms with Crippen LogP contribution in [0.3, 0.4) is 0 Å². The van der Waals surface area contributed by atoms with E-state index in [1.54, 1.807) is 0 Å². The molecule has 0 aliphatic heterocycles. The van der Waals surface area contributed by atoms with E-state index in [1.807, 2.05) is 0 Å². The molecule has 0 saturated carbocycles. The summed E-state index contributed by atoms with van der Waals surface area (Å²) in [6.45, 7) is 1.34. The summed E-state index contributed by atoms with van der Waals surface area (Å²) in [6, 6.07) is 6.81. The van der Waals surface area contributed by atoms with Crippen molar-refractivity contribution >= 4 is 29.2 Å². The van der Waals surface area contributed by atoms with Crippen molar-refractivity contribution in [2.75, 3.05) is 18.1 Å². The quantitative estimate of drug-likeness (QED) is 0.182. The topological polar surface area (TPSA) is 187 Å². The van der Waals surface area contributed by atoms with Gasteiger partial charge in [0.1, 0.15) is 23.4 Å². The summed E-state index contributed by atoms with van der Waals surface area (Å²) < 4.78 is 32.3. The summed E-state index contributed by atoms with van der Waals surface area (Å²) in [6.07, 6.45) is 1.25. The van der Waals surface area contributed by atoms with Crippen LogP contribution in [0.1, 0.15) is 34.6 Å². The number of ether oxygens (including phenoxy) is 1. The summed E-state index contributed by atoms with van der Waals surface area (Å²) in [4.78, 5) is 36.0. The van der Waals surface area contributed by atoms with E-state index in [0.29, 0.717) is 17.4 Å². The van der Waals surface area contributed by atoms with Crippen LogP contribution < -0.4 is 27.9 Å². The number of nitrogens with zero attached hydrogens (tertiary/aromatic N) is 4. The molecule has 36 heavy (non-hydrogen) atoms. The molecule has 1 atom stereocenters. The van der Waals surface area contributed by atoms with Crippen LogP contribution in [0.2, 0.25) is 0 Å². The molecule has 2 amide bonds. The molecule has 0 aliphatic rings. The highest BCUT2D eigenvalue weighted by Gasteiger charge is 2.20. The zero-order chi connectivity index (χ0) is 26.4. The Balaban J connectivity index is 1.72. The number of anilines is 2. The fourth-order valence-electron chi connectivity index (χ4n) is 2.96. The van der Waals surface area contributed by atoms with Crippen LogP contribution in [-0.4, -0.2) is 39.0 Å². The Labute approximate surface area is 204 Å². The fourth-order valence-corrected chi connectivity index (χ4v) is 2.96. The fraction of sp³-hybridized carbons (Fsp3) is 0.136. The van der Waals surface area contributed by atoms with E-state index in [4.69, 9.17) is 22.0 Å². The molecule has 0 saturated heterocycles.